The number of aromatic hydroxyl groups is 2. The highest BCUT2D eigenvalue weighted by atomic mass is 16.6. The number of carbonyl (C=O) groups excluding carboxylic acids is 3. The molecule has 32 heavy (non-hydrogen) atoms. The lowest BCUT2D eigenvalue weighted by molar-refractivity contribution is -0.145. The first-order valence-electron chi connectivity index (χ1n) is 9.52. The molecule has 1 heterocycles. The van der Waals surface area contributed by atoms with E-state index in [9.17, 15) is 24.6 Å². The Morgan fingerprint density at radius 3 is 2.50 bits per heavy atom. The Morgan fingerprint density at radius 2 is 1.88 bits per heavy atom. The van der Waals surface area contributed by atoms with E-state index in [1.165, 1.54) is 17.0 Å². The molecule has 1 amide bonds. The summed E-state index contributed by atoms with van der Waals surface area (Å²) in [4.78, 5) is 37.9. The first-order chi connectivity index (χ1) is 15.2. The van der Waals surface area contributed by atoms with Crippen LogP contribution in [-0.2, 0) is 16.1 Å². The van der Waals surface area contributed by atoms with E-state index in [1.54, 1.807) is 13.0 Å². The second kappa shape index (κ2) is 9.25. The van der Waals surface area contributed by atoms with Gasteiger partial charge in [-0.2, -0.15) is 0 Å². The number of benzene rings is 2. The lowest BCUT2D eigenvalue weighted by atomic mass is 10.1. The Labute approximate surface area is 182 Å². The van der Waals surface area contributed by atoms with Crippen molar-refractivity contribution in [3.05, 3.63) is 52.6 Å². The van der Waals surface area contributed by atoms with Crippen LogP contribution in [0.15, 0.2) is 35.5 Å². The highest BCUT2D eigenvalue weighted by Gasteiger charge is 2.31. The van der Waals surface area contributed by atoms with Crippen molar-refractivity contribution in [2.45, 2.75) is 13.5 Å². The summed E-state index contributed by atoms with van der Waals surface area (Å²) in [6, 6.07) is 6.77. The summed E-state index contributed by atoms with van der Waals surface area (Å²) in [5.74, 6) is -3.02. The second-order valence-corrected chi connectivity index (χ2v) is 6.87. The van der Waals surface area contributed by atoms with Gasteiger partial charge < -0.3 is 35.5 Å². The van der Waals surface area contributed by atoms with Gasteiger partial charge in [-0.15, -0.1) is 0 Å². The quantitative estimate of drug-likeness (QED) is 0.116. The molecule has 168 valence electrons. The highest BCUT2D eigenvalue weighted by Crippen LogP contribution is 2.34. The lowest BCUT2D eigenvalue weighted by Crippen LogP contribution is -2.30. The van der Waals surface area contributed by atoms with Crippen LogP contribution in [0.3, 0.4) is 0 Å². The summed E-state index contributed by atoms with van der Waals surface area (Å²) in [5.41, 5.74) is 6.56. The Bertz CT molecular complexity index is 1090. The smallest absolute Gasteiger partial charge is 0.344 e. The molecule has 0 fully saturated rings. The van der Waals surface area contributed by atoms with Gasteiger partial charge in [-0.3, -0.25) is 9.59 Å². The summed E-state index contributed by atoms with van der Waals surface area (Å²) >= 11 is 0. The molecule has 0 aliphatic carbocycles. The molecule has 2 aromatic carbocycles. The molecule has 0 radical (unpaired) electrons. The molecule has 5 N–H and O–H groups in total. The van der Waals surface area contributed by atoms with Gasteiger partial charge >= 0.3 is 5.97 Å². The minimum Gasteiger partial charge on any atom is -0.507 e. The summed E-state index contributed by atoms with van der Waals surface area (Å²) in [5, 5.41) is 32.2. The molecule has 3 rings (SSSR count). The van der Waals surface area contributed by atoms with Crippen molar-refractivity contribution in [1.29, 1.82) is 0 Å². The summed E-state index contributed by atoms with van der Waals surface area (Å²) in [6.07, 6.45) is 0. The van der Waals surface area contributed by atoms with E-state index in [1.807, 2.05) is 0 Å². The van der Waals surface area contributed by atoms with Crippen molar-refractivity contribution in [1.82, 2.24) is 4.90 Å². The molecule has 0 bridgehead atoms. The van der Waals surface area contributed by atoms with E-state index in [0.717, 1.165) is 12.1 Å². The van der Waals surface area contributed by atoms with E-state index in [-0.39, 0.29) is 30.3 Å². The summed E-state index contributed by atoms with van der Waals surface area (Å²) < 4.78 is 9.86. The van der Waals surface area contributed by atoms with Gasteiger partial charge in [0.25, 0.3) is 5.91 Å². The number of phenolic OH excluding ortho intramolecular Hbond substituents is 2. The van der Waals surface area contributed by atoms with Crippen molar-refractivity contribution >= 4 is 23.5 Å². The van der Waals surface area contributed by atoms with Crippen LogP contribution in [0.4, 0.5) is 0 Å². The van der Waals surface area contributed by atoms with Crippen LogP contribution in [0.5, 0.6) is 17.2 Å². The molecular formula is C21H21N3O8. The van der Waals surface area contributed by atoms with Crippen LogP contribution in [0.1, 0.15) is 38.8 Å². The Balaban J connectivity index is 1.73. The Morgan fingerprint density at radius 1 is 1.19 bits per heavy atom. The monoisotopic (exact) mass is 443 g/mol. The molecule has 0 atom stereocenters. The van der Waals surface area contributed by atoms with E-state index in [4.69, 9.17) is 20.4 Å². The Kier molecular flexibility index (Phi) is 6.47. The number of hydrogen-bond acceptors (Lipinski definition) is 9. The number of nitrogens with two attached hydrogens (primary N) is 1. The fourth-order valence-electron chi connectivity index (χ4n) is 3.28. The molecule has 0 saturated heterocycles. The number of carbonyl (C=O) groups is 3. The van der Waals surface area contributed by atoms with Gasteiger partial charge in [-0.05, 0) is 24.6 Å². The lowest BCUT2D eigenvalue weighted by Gasteiger charge is -2.16. The standard InChI is InChI=1S/C21H21N3O8/c1-2-31-18(28)10-32-13-6-15(25)19(16(26)7-13)17(27)9-24-8-12-5-11(20(22)23-30)3-4-14(12)21(24)29/h3-7,25-26,30H,2,8-10H2,1H3,(H2,22,23). The minimum atomic E-state index is -0.699. The van der Waals surface area contributed by atoms with Crippen molar-refractivity contribution in [2.75, 3.05) is 19.8 Å². The normalized spacial score (nSPS) is 13.1. The van der Waals surface area contributed by atoms with Crippen molar-refractivity contribution < 1.29 is 39.3 Å². The SMILES string of the molecule is CCOC(=O)COc1cc(O)c(C(=O)CN2Cc3cc(/C(N)=N/O)ccc3C2=O)c(O)c1. The number of ether oxygens (including phenoxy) is 2. The van der Waals surface area contributed by atoms with Crippen molar-refractivity contribution in [2.24, 2.45) is 10.9 Å². The first-order valence-corrected chi connectivity index (χ1v) is 9.52. The zero-order valence-electron chi connectivity index (χ0n) is 17.1. The second-order valence-electron chi connectivity index (χ2n) is 6.87. The Hall–Kier alpha value is -4.28. The largest absolute Gasteiger partial charge is 0.507 e. The zero-order valence-corrected chi connectivity index (χ0v) is 17.1. The van der Waals surface area contributed by atoms with Crippen LogP contribution in [-0.4, -0.2) is 63.6 Å². The number of rotatable bonds is 8. The number of nitrogens with zero attached hydrogens (tertiary/aromatic N) is 2. The molecule has 1 aliphatic rings. The average Bonchev–Trinajstić information content (AvgIpc) is 3.06. The third-order valence-corrected chi connectivity index (χ3v) is 4.73. The molecule has 0 saturated carbocycles. The van der Waals surface area contributed by atoms with Gasteiger partial charge in [0.1, 0.15) is 22.8 Å². The molecule has 11 nitrogen and oxygen atoms in total. The van der Waals surface area contributed by atoms with Gasteiger partial charge in [-0.1, -0.05) is 11.2 Å². The number of amidine groups is 1. The summed E-state index contributed by atoms with van der Waals surface area (Å²) in [6.45, 7) is 1.06. The average molecular weight is 443 g/mol. The maximum Gasteiger partial charge on any atom is 0.344 e. The van der Waals surface area contributed by atoms with Crippen LogP contribution in [0, 0.1) is 0 Å². The van der Waals surface area contributed by atoms with Gasteiger partial charge in [0.2, 0.25) is 0 Å². The van der Waals surface area contributed by atoms with Gasteiger partial charge in [0.05, 0.1) is 13.2 Å². The fourth-order valence-corrected chi connectivity index (χ4v) is 3.28. The molecule has 11 heteroatoms. The van der Waals surface area contributed by atoms with Gasteiger partial charge in [0.15, 0.2) is 18.2 Å². The molecular weight excluding hydrogens is 422 g/mol. The minimum absolute atomic E-state index is 0.0371. The van der Waals surface area contributed by atoms with Crippen molar-refractivity contribution in [3.8, 4) is 17.2 Å². The molecule has 1 aliphatic heterocycles. The predicted octanol–water partition coefficient (Wildman–Crippen LogP) is 0.973. The van der Waals surface area contributed by atoms with Crippen LogP contribution in [0.25, 0.3) is 0 Å². The van der Waals surface area contributed by atoms with Gasteiger partial charge in [0, 0.05) is 29.8 Å². The number of hydrogen-bond donors (Lipinski definition) is 4. The maximum absolute atomic E-state index is 12.7. The first kappa shape index (κ1) is 22.4. The van der Waals surface area contributed by atoms with Crippen LogP contribution >= 0.6 is 0 Å². The topological polar surface area (TPSA) is 172 Å². The molecule has 2 aromatic rings. The number of phenols is 2. The van der Waals surface area contributed by atoms with E-state index < -0.39 is 42.3 Å². The number of amides is 1. The number of Topliss-reactive ketones (excluding diaryl/α,β-unsaturated/α-hetero) is 1. The highest BCUT2D eigenvalue weighted by molar-refractivity contribution is 6.07. The van der Waals surface area contributed by atoms with Crippen LogP contribution in [0.2, 0.25) is 0 Å². The fraction of sp³-hybridized carbons (Fsp3) is 0.238. The van der Waals surface area contributed by atoms with Crippen LogP contribution < -0.4 is 10.5 Å². The number of oxime groups is 1. The van der Waals surface area contributed by atoms with E-state index >= 15 is 0 Å². The number of ketones is 1. The van der Waals surface area contributed by atoms with E-state index in [0.29, 0.717) is 16.7 Å². The van der Waals surface area contributed by atoms with Crippen molar-refractivity contribution in [3.63, 3.8) is 0 Å². The zero-order chi connectivity index (χ0) is 23.4. The molecule has 0 spiro atoms. The molecule has 0 unspecified atom stereocenters. The van der Waals surface area contributed by atoms with E-state index in [2.05, 4.69) is 5.16 Å². The number of esters is 1. The summed E-state index contributed by atoms with van der Waals surface area (Å²) in [7, 11) is 0. The van der Waals surface area contributed by atoms with Gasteiger partial charge in [-0.25, -0.2) is 4.79 Å². The predicted molar refractivity (Wildman–Crippen MR) is 110 cm³/mol. The maximum atomic E-state index is 12.7. The third kappa shape index (κ3) is 4.56. The third-order valence-electron chi connectivity index (χ3n) is 4.73. The molecule has 0 aromatic heterocycles. The number of fused-ring (bicyclic) bond motifs is 1.